The van der Waals surface area contributed by atoms with Crippen LogP contribution < -0.4 is 9.64 Å². The maximum absolute atomic E-state index is 14.3. The summed E-state index contributed by atoms with van der Waals surface area (Å²) in [5.74, 6) is 0.931. The smallest absolute Gasteiger partial charge is 0.241 e. The molecule has 1 aliphatic rings. The lowest BCUT2D eigenvalue weighted by Crippen LogP contribution is -2.40. The van der Waals surface area contributed by atoms with Crippen LogP contribution in [0.5, 0.6) is 11.5 Å². The molecule has 0 spiro atoms. The number of nitrogens with zero attached hydrogens (tertiary/aromatic N) is 3. The van der Waals surface area contributed by atoms with Gasteiger partial charge < -0.3 is 9.64 Å². The molecule has 0 saturated heterocycles. The Hall–Kier alpha value is -2.93. The van der Waals surface area contributed by atoms with Gasteiger partial charge >= 0.3 is 0 Å². The van der Waals surface area contributed by atoms with Gasteiger partial charge in [-0.2, -0.15) is 0 Å². The Morgan fingerprint density at radius 3 is 2.24 bits per heavy atom. The van der Waals surface area contributed by atoms with E-state index < -0.39 is 5.92 Å². The molecule has 0 fully saturated rings. The van der Waals surface area contributed by atoms with Gasteiger partial charge in [0.15, 0.2) is 5.13 Å². The van der Waals surface area contributed by atoms with Gasteiger partial charge in [0.1, 0.15) is 11.5 Å². The molecule has 0 unspecified atom stereocenters. The number of likely N-dealkylation sites (N-methyl/N-ethyl adjacent to an activating group) is 1. The molecule has 0 saturated carbocycles. The first kappa shape index (κ1) is 21.9. The molecular weight excluding hydrogens is 454 g/mol. The topological polar surface area (TPSA) is 45.7 Å². The molecule has 0 N–H and O–H groups in total. The van der Waals surface area contributed by atoms with Crippen LogP contribution in [0.15, 0.2) is 60.7 Å². The van der Waals surface area contributed by atoms with Crippen molar-refractivity contribution in [1.29, 1.82) is 0 Å². The van der Waals surface area contributed by atoms with Crippen LogP contribution in [0.1, 0.15) is 22.6 Å². The SMILES string of the molecule is Cc1ccc(Cl)c2sc(N(CCN(C)C)C(=O)C3c4ccccc4Oc4ccccc43)nc12. The lowest BCUT2D eigenvalue weighted by atomic mass is 9.87. The second kappa shape index (κ2) is 8.78. The lowest BCUT2D eigenvalue weighted by molar-refractivity contribution is -0.119. The number of anilines is 1. The van der Waals surface area contributed by atoms with Crippen LogP contribution in [0.2, 0.25) is 5.02 Å². The van der Waals surface area contributed by atoms with Crippen LogP contribution in [-0.2, 0) is 4.79 Å². The minimum Gasteiger partial charge on any atom is -0.457 e. The predicted molar refractivity (Wildman–Crippen MR) is 135 cm³/mol. The molecule has 168 valence electrons. The Bertz CT molecular complexity index is 1270. The van der Waals surface area contributed by atoms with E-state index >= 15 is 0 Å². The van der Waals surface area contributed by atoms with Gasteiger partial charge in [-0.25, -0.2) is 4.98 Å². The zero-order valence-corrected chi connectivity index (χ0v) is 20.3. The molecule has 4 aromatic rings. The molecule has 1 aliphatic heterocycles. The van der Waals surface area contributed by atoms with Crippen LogP contribution >= 0.6 is 22.9 Å². The average molecular weight is 478 g/mol. The summed E-state index contributed by atoms with van der Waals surface area (Å²) in [6.07, 6.45) is 0. The first-order chi connectivity index (χ1) is 15.9. The van der Waals surface area contributed by atoms with Crippen molar-refractivity contribution in [1.82, 2.24) is 9.88 Å². The number of hydrogen-bond donors (Lipinski definition) is 0. The molecule has 2 heterocycles. The summed E-state index contributed by atoms with van der Waals surface area (Å²) in [6.45, 7) is 3.24. The van der Waals surface area contributed by atoms with Crippen molar-refractivity contribution in [3.05, 3.63) is 82.4 Å². The zero-order valence-electron chi connectivity index (χ0n) is 18.7. The van der Waals surface area contributed by atoms with Gasteiger partial charge in [0, 0.05) is 24.2 Å². The van der Waals surface area contributed by atoms with Crippen molar-refractivity contribution < 1.29 is 9.53 Å². The maximum Gasteiger partial charge on any atom is 0.241 e. The summed E-state index contributed by atoms with van der Waals surface area (Å²) in [7, 11) is 4.00. The Morgan fingerprint density at radius 1 is 1.00 bits per heavy atom. The number of aromatic nitrogens is 1. The summed E-state index contributed by atoms with van der Waals surface area (Å²) in [6, 6.07) is 19.4. The number of para-hydroxylation sites is 2. The second-order valence-corrected chi connectivity index (χ2v) is 9.83. The first-order valence-corrected chi connectivity index (χ1v) is 12.0. The Morgan fingerprint density at radius 2 is 1.64 bits per heavy atom. The number of hydrogen-bond acceptors (Lipinski definition) is 5. The second-order valence-electron chi connectivity index (χ2n) is 8.44. The van der Waals surface area contributed by atoms with E-state index in [2.05, 4.69) is 4.90 Å². The Balaban J connectivity index is 1.64. The van der Waals surface area contributed by atoms with Gasteiger partial charge in [0.2, 0.25) is 5.91 Å². The van der Waals surface area contributed by atoms with Gasteiger partial charge in [0.25, 0.3) is 0 Å². The highest BCUT2D eigenvalue weighted by Crippen LogP contribution is 2.45. The molecule has 0 aliphatic carbocycles. The van der Waals surface area contributed by atoms with Crippen molar-refractivity contribution in [2.45, 2.75) is 12.8 Å². The number of ether oxygens (including phenoxy) is 1. The lowest BCUT2D eigenvalue weighted by Gasteiger charge is -2.31. The van der Waals surface area contributed by atoms with E-state index in [1.807, 2.05) is 86.6 Å². The largest absolute Gasteiger partial charge is 0.457 e. The molecule has 33 heavy (non-hydrogen) atoms. The van der Waals surface area contributed by atoms with E-state index in [1.54, 1.807) is 0 Å². The quantitative estimate of drug-likeness (QED) is 0.349. The number of fused-ring (bicyclic) bond motifs is 3. The van der Waals surface area contributed by atoms with E-state index in [0.29, 0.717) is 34.7 Å². The van der Waals surface area contributed by atoms with Gasteiger partial charge in [-0.15, -0.1) is 0 Å². The third kappa shape index (κ3) is 3.99. The highest BCUT2D eigenvalue weighted by Gasteiger charge is 2.36. The fourth-order valence-corrected chi connectivity index (χ4v) is 5.49. The number of aryl methyl sites for hydroxylation is 1. The number of thiazole rings is 1. The molecule has 7 heteroatoms. The summed E-state index contributed by atoms with van der Waals surface area (Å²) in [5, 5.41) is 1.32. The standard InChI is InChI=1S/C26H24ClN3O2S/c1-16-12-13-19(27)24-23(16)28-26(33-24)30(15-14-29(2)3)25(31)22-17-8-4-6-10-20(17)32-21-11-7-5-9-18(21)22/h4-13,22H,14-15H2,1-3H3. The predicted octanol–water partition coefficient (Wildman–Crippen LogP) is 6.09. The summed E-state index contributed by atoms with van der Waals surface area (Å²) in [4.78, 5) is 23.0. The molecule has 1 amide bonds. The van der Waals surface area contributed by atoms with E-state index in [-0.39, 0.29) is 5.91 Å². The van der Waals surface area contributed by atoms with Crippen molar-refractivity contribution in [3.8, 4) is 11.5 Å². The third-order valence-corrected chi connectivity index (χ3v) is 7.42. The van der Waals surface area contributed by atoms with Gasteiger partial charge in [-0.3, -0.25) is 9.69 Å². The zero-order chi connectivity index (χ0) is 23.1. The van der Waals surface area contributed by atoms with Crippen molar-refractivity contribution >= 4 is 44.2 Å². The highest BCUT2D eigenvalue weighted by molar-refractivity contribution is 7.23. The molecule has 1 aromatic heterocycles. The van der Waals surface area contributed by atoms with Crippen LogP contribution in [0.4, 0.5) is 5.13 Å². The fraction of sp³-hybridized carbons (Fsp3) is 0.231. The van der Waals surface area contributed by atoms with Crippen LogP contribution in [0, 0.1) is 6.92 Å². The molecule has 3 aromatic carbocycles. The number of halogens is 1. The summed E-state index contributed by atoms with van der Waals surface area (Å²) in [5.41, 5.74) is 3.62. The summed E-state index contributed by atoms with van der Waals surface area (Å²) < 4.78 is 7.02. The fourth-order valence-electron chi connectivity index (χ4n) is 4.14. The van der Waals surface area contributed by atoms with E-state index in [4.69, 9.17) is 21.3 Å². The Labute approximate surface area is 202 Å². The van der Waals surface area contributed by atoms with Gasteiger partial charge in [-0.1, -0.05) is 65.4 Å². The van der Waals surface area contributed by atoms with Crippen LogP contribution in [-0.4, -0.2) is 43.0 Å². The van der Waals surface area contributed by atoms with Crippen molar-refractivity contribution in [2.75, 3.05) is 32.1 Å². The number of carbonyl (C=O) groups is 1. The molecule has 0 atom stereocenters. The monoisotopic (exact) mass is 477 g/mol. The molecule has 0 radical (unpaired) electrons. The highest BCUT2D eigenvalue weighted by atomic mass is 35.5. The minimum absolute atomic E-state index is 0.0205. The summed E-state index contributed by atoms with van der Waals surface area (Å²) >= 11 is 7.94. The van der Waals surface area contributed by atoms with Crippen LogP contribution in [0.3, 0.4) is 0 Å². The first-order valence-electron chi connectivity index (χ1n) is 10.8. The third-order valence-electron chi connectivity index (χ3n) is 5.88. The number of amides is 1. The maximum atomic E-state index is 14.3. The average Bonchev–Trinajstić information content (AvgIpc) is 3.26. The van der Waals surface area contributed by atoms with Crippen LogP contribution in [0.25, 0.3) is 10.2 Å². The molecule has 5 rings (SSSR count). The van der Waals surface area contributed by atoms with Gasteiger partial charge in [0.05, 0.1) is 21.2 Å². The van der Waals surface area contributed by atoms with E-state index in [9.17, 15) is 4.79 Å². The number of carbonyl (C=O) groups excluding carboxylic acids is 1. The molecule has 0 bridgehead atoms. The Kier molecular flexibility index (Phi) is 5.83. The molecule has 5 nitrogen and oxygen atoms in total. The number of rotatable bonds is 5. The van der Waals surface area contributed by atoms with Crippen molar-refractivity contribution in [3.63, 3.8) is 0 Å². The minimum atomic E-state index is -0.475. The molecular formula is C26H24ClN3O2S. The van der Waals surface area contributed by atoms with E-state index in [0.717, 1.165) is 26.9 Å². The normalized spacial score (nSPS) is 13.0. The van der Waals surface area contributed by atoms with Gasteiger partial charge in [-0.05, 0) is 44.8 Å². The van der Waals surface area contributed by atoms with Crippen molar-refractivity contribution in [2.24, 2.45) is 0 Å². The van der Waals surface area contributed by atoms with E-state index in [1.165, 1.54) is 11.3 Å². The number of benzene rings is 3.